The molecule has 274 valence electrons. The highest BCUT2D eigenvalue weighted by Crippen LogP contribution is 2.47. The zero-order valence-electron chi connectivity index (χ0n) is 34.1. The number of fused-ring (bicyclic) bond motifs is 1. The molecule has 50 heavy (non-hydrogen) atoms. The predicted molar refractivity (Wildman–Crippen MR) is 219 cm³/mol. The Kier molecular flexibility index (Phi) is 13.6. The quantitative estimate of drug-likeness (QED) is 0.140. The molecule has 3 atom stereocenters. The monoisotopic (exact) mass is 697 g/mol. The molecule has 0 saturated heterocycles. The molecule has 0 saturated carbocycles. The van der Waals surface area contributed by atoms with E-state index in [4.69, 9.17) is 4.98 Å². The number of ketones is 2. The van der Waals surface area contributed by atoms with Crippen LogP contribution >= 0.6 is 11.8 Å². The molecule has 3 unspecified atom stereocenters. The summed E-state index contributed by atoms with van der Waals surface area (Å²) in [6.45, 7) is 30.4. The second-order valence-electron chi connectivity index (χ2n) is 18.1. The molecule has 0 aliphatic rings. The van der Waals surface area contributed by atoms with Crippen LogP contribution in [0.15, 0.2) is 65.9 Å². The SMILES string of the molecule is CSCC(C)c1cc2ccccc2cc1C(C)(C)CCC(C)(C)/C(C(C)=O)=C(/C(C)=O)C(C)(C)CCC(C)C(C)c1ncccc1C(C)(C)C. The molecule has 2 aromatic carbocycles. The molecule has 0 fully saturated rings. The Morgan fingerprint density at radius 3 is 1.78 bits per heavy atom. The number of Topliss-reactive ketones (excluding diaryl/α,β-unsaturated/α-hetero) is 2. The van der Waals surface area contributed by atoms with Gasteiger partial charge >= 0.3 is 0 Å². The Balaban J connectivity index is 1.96. The van der Waals surface area contributed by atoms with E-state index in [1.807, 2.05) is 24.0 Å². The average molecular weight is 698 g/mol. The van der Waals surface area contributed by atoms with Crippen molar-refractivity contribution in [2.24, 2.45) is 16.7 Å². The summed E-state index contributed by atoms with van der Waals surface area (Å²) in [6, 6.07) is 17.7. The summed E-state index contributed by atoms with van der Waals surface area (Å²) in [5.74, 6) is 2.15. The van der Waals surface area contributed by atoms with Crippen LogP contribution in [0, 0.1) is 16.7 Å². The molecular weight excluding hydrogens is 631 g/mol. The number of carbonyl (C=O) groups excluding carboxylic acids is 2. The summed E-state index contributed by atoms with van der Waals surface area (Å²) in [7, 11) is 0. The van der Waals surface area contributed by atoms with Gasteiger partial charge in [-0.1, -0.05) is 126 Å². The fourth-order valence-electron chi connectivity index (χ4n) is 8.11. The first-order chi connectivity index (χ1) is 23.0. The van der Waals surface area contributed by atoms with Gasteiger partial charge in [-0.05, 0) is 119 Å². The first-order valence-electron chi connectivity index (χ1n) is 18.8. The number of aromatic nitrogens is 1. The van der Waals surface area contributed by atoms with Gasteiger partial charge in [-0.15, -0.1) is 0 Å². The number of hydrogen-bond donors (Lipinski definition) is 0. The number of benzene rings is 2. The van der Waals surface area contributed by atoms with Crippen molar-refractivity contribution in [1.82, 2.24) is 4.98 Å². The topological polar surface area (TPSA) is 47.0 Å². The van der Waals surface area contributed by atoms with Crippen molar-refractivity contribution in [2.45, 2.75) is 145 Å². The van der Waals surface area contributed by atoms with E-state index in [0.717, 1.165) is 31.4 Å². The van der Waals surface area contributed by atoms with E-state index in [9.17, 15) is 9.59 Å². The maximum absolute atomic E-state index is 13.7. The lowest BCUT2D eigenvalue weighted by Gasteiger charge is -2.38. The number of allylic oxidation sites excluding steroid dienone is 2. The molecule has 0 bridgehead atoms. The van der Waals surface area contributed by atoms with E-state index >= 15 is 0 Å². The van der Waals surface area contributed by atoms with E-state index in [1.54, 1.807) is 13.8 Å². The number of hydrogen-bond acceptors (Lipinski definition) is 4. The lowest BCUT2D eigenvalue weighted by molar-refractivity contribution is -0.117. The molecule has 0 amide bonds. The van der Waals surface area contributed by atoms with Gasteiger partial charge in [-0.3, -0.25) is 14.6 Å². The lowest BCUT2D eigenvalue weighted by atomic mass is 9.65. The molecule has 1 heterocycles. The van der Waals surface area contributed by atoms with Gasteiger partial charge in [0.2, 0.25) is 0 Å². The van der Waals surface area contributed by atoms with Gasteiger partial charge in [0.05, 0.1) is 0 Å². The van der Waals surface area contributed by atoms with E-state index in [-0.39, 0.29) is 28.3 Å². The Labute approximate surface area is 309 Å². The molecule has 0 spiro atoms. The summed E-state index contributed by atoms with van der Waals surface area (Å²) in [5.41, 5.74) is 5.64. The summed E-state index contributed by atoms with van der Waals surface area (Å²) in [5, 5.41) is 2.55. The van der Waals surface area contributed by atoms with E-state index in [2.05, 4.69) is 132 Å². The molecule has 0 aliphatic heterocycles. The smallest absolute Gasteiger partial charge is 0.156 e. The number of rotatable bonds is 16. The highest BCUT2D eigenvalue weighted by Gasteiger charge is 2.39. The molecule has 3 aromatic rings. The minimum Gasteiger partial charge on any atom is -0.295 e. The fourth-order valence-corrected chi connectivity index (χ4v) is 8.79. The third-order valence-corrected chi connectivity index (χ3v) is 12.3. The number of carbonyl (C=O) groups is 2. The molecule has 0 radical (unpaired) electrons. The van der Waals surface area contributed by atoms with E-state index in [0.29, 0.717) is 23.0 Å². The van der Waals surface area contributed by atoms with Crippen LogP contribution in [0.2, 0.25) is 0 Å². The second-order valence-corrected chi connectivity index (χ2v) is 19.1. The Bertz CT molecular complexity index is 1690. The zero-order chi connectivity index (χ0) is 37.8. The maximum Gasteiger partial charge on any atom is 0.156 e. The minimum atomic E-state index is -0.474. The molecule has 4 heteroatoms. The van der Waals surface area contributed by atoms with Crippen molar-refractivity contribution in [2.75, 3.05) is 12.0 Å². The zero-order valence-corrected chi connectivity index (χ0v) is 35.0. The normalized spacial score (nSPS) is 15.4. The Morgan fingerprint density at radius 2 is 1.26 bits per heavy atom. The van der Waals surface area contributed by atoms with Crippen molar-refractivity contribution >= 4 is 34.1 Å². The highest BCUT2D eigenvalue weighted by atomic mass is 32.2. The van der Waals surface area contributed by atoms with Crippen LogP contribution in [-0.4, -0.2) is 28.6 Å². The van der Waals surface area contributed by atoms with Gasteiger partial charge in [0.25, 0.3) is 0 Å². The van der Waals surface area contributed by atoms with Gasteiger partial charge < -0.3 is 0 Å². The van der Waals surface area contributed by atoms with Crippen LogP contribution in [0.5, 0.6) is 0 Å². The van der Waals surface area contributed by atoms with Crippen LogP contribution < -0.4 is 0 Å². The van der Waals surface area contributed by atoms with Crippen molar-refractivity contribution in [3.63, 3.8) is 0 Å². The third kappa shape index (κ3) is 9.78. The molecule has 1 aromatic heterocycles. The summed E-state index contributed by atoms with van der Waals surface area (Å²) >= 11 is 1.89. The number of pyridine rings is 1. The maximum atomic E-state index is 13.7. The van der Waals surface area contributed by atoms with Gasteiger partial charge in [-0.25, -0.2) is 0 Å². The first-order valence-corrected chi connectivity index (χ1v) is 20.2. The number of nitrogens with zero attached hydrogens (tertiary/aromatic N) is 1. The summed E-state index contributed by atoms with van der Waals surface area (Å²) in [6.07, 6.45) is 7.53. The standard InChI is InChI=1S/C46H67NO2S/c1-30(32(3)42-38(43(6,7)8)21-18-26-47-42)22-23-45(11,12)40(33(4)48)41(34(5)49)46(13,14)25-24-44(9,10)39-28-36-20-17-16-19-35(36)27-37(39)31(2)29-50-15/h16-21,26-28,30-32H,22-25,29H2,1-15H3/b41-40-. The highest BCUT2D eigenvalue weighted by molar-refractivity contribution is 7.98. The lowest BCUT2D eigenvalue weighted by Crippen LogP contribution is -2.32. The van der Waals surface area contributed by atoms with Gasteiger partial charge in [0.1, 0.15) is 0 Å². The molecule has 0 aliphatic carbocycles. The summed E-state index contributed by atoms with van der Waals surface area (Å²) in [4.78, 5) is 32.2. The molecule has 3 nitrogen and oxygen atoms in total. The van der Waals surface area contributed by atoms with E-state index in [1.165, 1.54) is 33.2 Å². The predicted octanol–water partition coefficient (Wildman–Crippen LogP) is 12.8. The van der Waals surface area contributed by atoms with Crippen LogP contribution in [0.3, 0.4) is 0 Å². The van der Waals surface area contributed by atoms with Crippen molar-refractivity contribution < 1.29 is 9.59 Å². The van der Waals surface area contributed by atoms with Crippen molar-refractivity contribution in [1.29, 1.82) is 0 Å². The van der Waals surface area contributed by atoms with E-state index < -0.39 is 10.8 Å². The minimum absolute atomic E-state index is 0.00990. The Morgan fingerprint density at radius 1 is 0.720 bits per heavy atom. The van der Waals surface area contributed by atoms with Crippen LogP contribution in [0.1, 0.15) is 157 Å². The van der Waals surface area contributed by atoms with Crippen LogP contribution in [-0.2, 0) is 20.4 Å². The number of thioether (sulfide) groups is 1. The van der Waals surface area contributed by atoms with Crippen molar-refractivity contribution in [3.05, 3.63) is 88.3 Å². The fraction of sp³-hybridized carbons (Fsp3) is 0.587. The molecule has 3 rings (SSSR count). The van der Waals surface area contributed by atoms with Gasteiger partial charge in [0, 0.05) is 29.0 Å². The summed E-state index contributed by atoms with van der Waals surface area (Å²) < 4.78 is 0. The van der Waals surface area contributed by atoms with Crippen molar-refractivity contribution in [3.8, 4) is 0 Å². The van der Waals surface area contributed by atoms with Gasteiger partial charge in [0.15, 0.2) is 11.6 Å². The first kappa shape index (κ1) is 41.7. The van der Waals surface area contributed by atoms with Crippen LogP contribution in [0.25, 0.3) is 10.8 Å². The molecule has 0 N–H and O–H groups in total. The average Bonchev–Trinajstić information content (AvgIpc) is 3.03. The van der Waals surface area contributed by atoms with Crippen LogP contribution in [0.4, 0.5) is 0 Å². The second kappa shape index (κ2) is 16.3. The van der Waals surface area contributed by atoms with Gasteiger partial charge in [-0.2, -0.15) is 11.8 Å². The Hall–Kier alpha value is -2.72. The largest absolute Gasteiger partial charge is 0.295 e. The third-order valence-electron chi connectivity index (χ3n) is 11.4. The molecular formula is C46H67NO2S.